The first kappa shape index (κ1) is 29.3. The van der Waals surface area contributed by atoms with Gasteiger partial charge in [0.15, 0.2) is 11.5 Å². The summed E-state index contributed by atoms with van der Waals surface area (Å²) in [7, 11) is 1.27. The van der Waals surface area contributed by atoms with Crippen LogP contribution in [-0.4, -0.2) is 37.3 Å². The second kappa shape index (κ2) is 15.9. The van der Waals surface area contributed by atoms with Crippen LogP contribution in [0.5, 0.6) is 17.2 Å². The molecule has 0 aromatic heterocycles. The summed E-state index contributed by atoms with van der Waals surface area (Å²) in [6.07, 6.45) is 8.30. The number of amides is 1. The van der Waals surface area contributed by atoms with Gasteiger partial charge in [-0.2, -0.15) is 0 Å². The van der Waals surface area contributed by atoms with Gasteiger partial charge in [0.25, 0.3) is 0 Å². The molecule has 0 aliphatic carbocycles. The van der Waals surface area contributed by atoms with E-state index in [4.69, 9.17) is 25.8 Å². The molecule has 0 spiro atoms. The minimum absolute atomic E-state index is 0.0220. The fourth-order valence-corrected chi connectivity index (χ4v) is 3.84. The average Bonchev–Trinajstić information content (AvgIpc) is 2.85. The van der Waals surface area contributed by atoms with E-state index in [1.54, 1.807) is 18.2 Å². The third kappa shape index (κ3) is 9.61. The van der Waals surface area contributed by atoms with E-state index in [9.17, 15) is 14.7 Å². The molecule has 2 aromatic rings. The van der Waals surface area contributed by atoms with Crippen molar-refractivity contribution in [3.63, 3.8) is 0 Å². The number of methoxy groups -OCH3 is 1. The fraction of sp³-hybridized carbons (Fsp3) is 0.500. The molecule has 2 N–H and O–H groups in total. The molecule has 0 aliphatic rings. The molecule has 7 nitrogen and oxygen atoms in total. The van der Waals surface area contributed by atoms with Crippen LogP contribution in [0.3, 0.4) is 0 Å². The second-order valence-electron chi connectivity index (χ2n) is 8.67. The Kier molecular flexibility index (Phi) is 13.0. The monoisotopic (exact) mass is 519 g/mol. The lowest BCUT2D eigenvalue weighted by Gasteiger charge is -2.15. The van der Waals surface area contributed by atoms with E-state index in [2.05, 4.69) is 19.2 Å². The van der Waals surface area contributed by atoms with Gasteiger partial charge < -0.3 is 24.6 Å². The highest BCUT2D eigenvalue weighted by molar-refractivity contribution is 6.31. The molecule has 8 heteroatoms. The van der Waals surface area contributed by atoms with Gasteiger partial charge in [0.1, 0.15) is 0 Å². The molecule has 0 fully saturated rings. The van der Waals surface area contributed by atoms with Gasteiger partial charge in [-0.15, -0.1) is 0 Å². The van der Waals surface area contributed by atoms with Crippen molar-refractivity contribution in [3.05, 3.63) is 46.5 Å². The number of benzene rings is 2. The Morgan fingerprint density at radius 1 is 0.889 bits per heavy atom. The number of ether oxygens (including phenoxy) is 3. The molecule has 2 rings (SSSR count). The molecule has 0 heterocycles. The van der Waals surface area contributed by atoms with E-state index in [1.807, 2.05) is 0 Å². The average molecular weight is 520 g/mol. The van der Waals surface area contributed by atoms with Gasteiger partial charge >= 0.3 is 5.97 Å². The molecule has 0 atom stereocenters. The van der Waals surface area contributed by atoms with Gasteiger partial charge in [0.2, 0.25) is 11.7 Å². The Morgan fingerprint density at radius 2 is 1.47 bits per heavy atom. The first-order chi connectivity index (χ1) is 17.4. The molecule has 0 bridgehead atoms. The van der Waals surface area contributed by atoms with Crippen molar-refractivity contribution in [2.45, 2.75) is 71.6 Å². The van der Waals surface area contributed by atoms with Crippen LogP contribution in [-0.2, 0) is 16.0 Å². The smallest absolute Gasteiger partial charge is 0.339 e. The number of unbranched alkanes of at least 4 members (excludes halogenated alkanes) is 6. The molecule has 2 aromatic carbocycles. The van der Waals surface area contributed by atoms with Crippen molar-refractivity contribution in [1.82, 2.24) is 0 Å². The molecule has 0 saturated carbocycles. The van der Waals surface area contributed by atoms with Gasteiger partial charge in [0, 0.05) is 5.02 Å². The summed E-state index contributed by atoms with van der Waals surface area (Å²) >= 11 is 6.06. The zero-order valence-corrected chi connectivity index (χ0v) is 22.3. The minimum Gasteiger partial charge on any atom is -0.502 e. The molecule has 1 amide bonds. The van der Waals surface area contributed by atoms with Crippen LogP contribution in [0.25, 0.3) is 0 Å². The maximum Gasteiger partial charge on any atom is 0.339 e. The molecule has 0 saturated heterocycles. The highest BCUT2D eigenvalue weighted by atomic mass is 35.5. The van der Waals surface area contributed by atoms with E-state index in [-0.39, 0.29) is 29.3 Å². The first-order valence-electron chi connectivity index (χ1n) is 12.7. The van der Waals surface area contributed by atoms with Gasteiger partial charge in [-0.05, 0) is 48.7 Å². The first-order valence-corrected chi connectivity index (χ1v) is 13.1. The summed E-state index contributed by atoms with van der Waals surface area (Å²) < 4.78 is 16.5. The zero-order chi connectivity index (χ0) is 26.3. The Bertz CT molecular complexity index is 959. The van der Waals surface area contributed by atoms with Crippen molar-refractivity contribution < 1.29 is 28.9 Å². The molecule has 36 heavy (non-hydrogen) atoms. The molecule has 0 aliphatic heterocycles. The van der Waals surface area contributed by atoms with E-state index < -0.39 is 5.97 Å². The normalized spacial score (nSPS) is 10.7. The summed E-state index contributed by atoms with van der Waals surface area (Å²) in [4.78, 5) is 24.9. The number of phenols is 1. The number of esters is 1. The van der Waals surface area contributed by atoms with Crippen molar-refractivity contribution in [1.29, 1.82) is 0 Å². The Balaban J connectivity index is 2.18. The number of carbonyl (C=O) groups is 2. The van der Waals surface area contributed by atoms with Crippen molar-refractivity contribution >= 4 is 29.2 Å². The van der Waals surface area contributed by atoms with Crippen LogP contribution >= 0.6 is 11.6 Å². The van der Waals surface area contributed by atoms with E-state index in [0.29, 0.717) is 35.3 Å². The number of carbonyl (C=O) groups excluding carboxylic acids is 2. The van der Waals surface area contributed by atoms with Crippen LogP contribution in [0, 0.1) is 0 Å². The predicted octanol–water partition coefficient (Wildman–Crippen LogP) is 6.93. The third-order valence-electron chi connectivity index (χ3n) is 5.64. The van der Waals surface area contributed by atoms with E-state index in [0.717, 1.165) is 51.4 Å². The number of hydrogen-bond acceptors (Lipinski definition) is 6. The van der Waals surface area contributed by atoms with Gasteiger partial charge in [-0.1, -0.05) is 64.0 Å². The maximum absolute atomic E-state index is 12.9. The SMILES string of the molecule is CCCCCCOc1cc(CC(=O)Nc2cc(Cl)ccc2C(=O)OC)cc(OCCCCCC)c1O. The highest BCUT2D eigenvalue weighted by Gasteiger charge is 2.18. The summed E-state index contributed by atoms with van der Waals surface area (Å²) in [5.41, 5.74) is 1.07. The van der Waals surface area contributed by atoms with E-state index in [1.165, 1.54) is 19.2 Å². The molecule has 198 valence electrons. The number of anilines is 1. The standard InChI is InChI=1S/C28H38ClNO6/c1-4-6-8-10-14-35-24-16-20(17-25(27(24)32)36-15-11-9-7-5-2)18-26(31)30-23-19-21(29)12-13-22(23)28(33)34-3/h12-13,16-17,19,32H,4-11,14-15,18H2,1-3H3,(H,30,31). The third-order valence-corrected chi connectivity index (χ3v) is 5.87. The number of phenolic OH excluding ortho intramolecular Hbond substituents is 1. The lowest BCUT2D eigenvalue weighted by Crippen LogP contribution is -2.17. The summed E-state index contributed by atoms with van der Waals surface area (Å²) in [6, 6.07) is 7.85. The predicted molar refractivity (Wildman–Crippen MR) is 143 cm³/mol. The fourth-order valence-electron chi connectivity index (χ4n) is 3.67. The van der Waals surface area contributed by atoms with Crippen molar-refractivity contribution in [2.75, 3.05) is 25.6 Å². The number of halogens is 1. The zero-order valence-electron chi connectivity index (χ0n) is 21.5. The number of nitrogens with one attached hydrogen (secondary N) is 1. The quantitative estimate of drug-likeness (QED) is 0.184. The Labute approximate surface area is 219 Å². The van der Waals surface area contributed by atoms with Crippen LogP contribution in [0.1, 0.15) is 81.1 Å². The summed E-state index contributed by atoms with van der Waals surface area (Å²) in [6.45, 7) is 5.21. The molecule has 0 radical (unpaired) electrons. The number of aromatic hydroxyl groups is 1. The van der Waals surface area contributed by atoms with Gasteiger partial charge in [-0.25, -0.2) is 4.79 Å². The number of hydrogen-bond donors (Lipinski definition) is 2. The summed E-state index contributed by atoms with van der Waals surface area (Å²) in [5, 5.41) is 13.8. The molecular weight excluding hydrogens is 482 g/mol. The maximum atomic E-state index is 12.9. The molecular formula is C28H38ClNO6. The largest absolute Gasteiger partial charge is 0.502 e. The lowest BCUT2D eigenvalue weighted by atomic mass is 10.1. The minimum atomic E-state index is -0.580. The molecule has 0 unspecified atom stereocenters. The Hall–Kier alpha value is -2.93. The second-order valence-corrected chi connectivity index (χ2v) is 9.10. The van der Waals surface area contributed by atoms with Gasteiger partial charge in [0.05, 0.1) is 38.0 Å². The van der Waals surface area contributed by atoms with Crippen LogP contribution < -0.4 is 14.8 Å². The Morgan fingerprint density at radius 3 is 2.00 bits per heavy atom. The van der Waals surface area contributed by atoms with Crippen LogP contribution in [0.2, 0.25) is 5.02 Å². The van der Waals surface area contributed by atoms with E-state index >= 15 is 0 Å². The van der Waals surface area contributed by atoms with Crippen molar-refractivity contribution in [3.8, 4) is 17.2 Å². The highest BCUT2D eigenvalue weighted by Crippen LogP contribution is 2.38. The number of rotatable bonds is 16. The van der Waals surface area contributed by atoms with Gasteiger partial charge in [-0.3, -0.25) is 4.79 Å². The van der Waals surface area contributed by atoms with Crippen LogP contribution in [0.4, 0.5) is 5.69 Å². The topological polar surface area (TPSA) is 94.1 Å². The van der Waals surface area contributed by atoms with Crippen molar-refractivity contribution in [2.24, 2.45) is 0 Å². The lowest BCUT2D eigenvalue weighted by molar-refractivity contribution is -0.115. The summed E-state index contributed by atoms with van der Waals surface area (Å²) in [5.74, 6) is -0.426. The van der Waals surface area contributed by atoms with Crippen LogP contribution in [0.15, 0.2) is 30.3 Å².